The summed E-state index contributed by atoms with van der Waals surface area (Å²) >= 11 is 1.73. The zero-order valence-corrected chi connectivity index (χ0v) is 13.5. The lowest BCUT2D eigenvalue weighted by molar-refractivity contribution is 0.588. The molecule has 0 spiro atoms. The summed E-state index contributed by atoms with van der Waals surface area (Å²) in [7, 11) is 2.15. The summed E-state index contributed by atoms with van der Waals surface area (Å²) in [6.07, 6.45) is 0. The summed E-state index contributed by atoms with van der Waals surface area (Å²) in [4.78, 5) is 7.96. The van der Waals surface area contributed by atoms with E-state index in [9.17, 15) is 0 Å². The third-order valence-corrected chi connectivity index (χ3v) is 4.25. The summed E-state index contributed by atoms with van der Waals surface area (Å²) in [5, 5.41) is 3.49. The predicted octanol–water partition coefficient (Wildman–Crippen LogP) is 3.59. The molecule has 0 saturated heterocycles. The largest absolute Gasteiger partial charge is 0.369 e. The van der Waals surface area contributed by atoms with Crippen LogP contribution in [0.1, 0.15) is 30.0 Å². The van der Waals surface area contributed by atoms with Gasteiger partial charge in [0.1, 0.15) is 0 Å². The number of aromatic nitrogens is 1. The van der Waals surface area contributed by atoms with Crippen LogP contribution in [0.4, 0.5) is 5.69 Å². The minimum absolute atomic E-state index is 0.497. The molecule has 0 aliphatic rings. The number of benzene rings is 1. The molecule has 0 radical (unpaired) electrons. The molecule has 0 amide bonds. The third-order valence-electron chi connectivity index (χ3n) is 3.33. The molecule has 0 aliphatic carbocycles. The highest BCUT2D eigenvalue weighted by atomic mass is 32.1. The zero-order valence-electron chi connectivity index (χ0n) is 12.7. The van der Waals surface area contributed by atoms with E-state index in [1.165, 1.54) is 16.1 Å². The van der Waals surface area contributed by atoms with Crippen molar-refractivity contribution in [2.24, 2.45) is 0 Å². The van der Waals surface area contributed by atoms with E-state index in [0.717, 1.165) is 18.8 Å². The Hall–Kier alpha value is -1.39. The normalized spacial score (nSPS) is 11.1. The first-order chi connectivity index (χ1) is 9.58. The van der Waals surface area contributed by atoms with E-state index in [-0.39, 0.29) is 0 Å². The van der Waals surface area contributed by atoms with Crippen LogP contribution in [0.5, 0.6) is 0 Å². The summed E-state index contributed by atoms with van der Waals surface area (Å²) in [5.41, 5.74) is 5.68. The van der Waals surface area contributed by atoms with E-state index < -0.39 is 0 Å². The maximum atomic E-state index is 4.32. The molecule has 2 rings (SSSR count). The molecule has 1 heterocycles. The Labute approximate surface area is 125 Å². The number of aryl methyl sites for hydroxylation is 1. The molecule has 3 nitrogen and oxygen atoms in total. The number of para-hydroxylation sites is 1. The van der Waals surface area contributed by atoms with Crippen molar-refractivity contribution >= 4 is 17.0 Å². The lowest BCUT2D eigenvalue weighted by Gasteiger charge is -2.23. The SMILES string of the molecule is Cc1ncsc1CN(C)c1ccccc1CNC(C)C. The van der Waals surface area contributed by atoms with Gasteiger partial charge in [-0.3, -0.25) is 0 Å². The molecular formula is C16H23N3S. The van der Waals surface area contributed by atoms with E-state index in [0.29, 0.717) is 6.04 Å². The first kappa shape index (κ1) is 15.0. The molecular weight excluding hydrogens is 266 g/mol. The van der Waals surface area contributed by atoms with E-state index in [4.69, 9.17) is 0 Å². The van der Waals surface area contributed by atoms with Crippen molar-refractivity contribution in [3.05, 3.63) is 45.9 Å². The van der Waals surface area contributed by atoms with E-state index >= 15 is 0 Å². The molecule has 0 bridgehead atoms. The second-order valence-corrected chi connectivity index (χ2v) is 6.32. The standard InChI is InChI=1S/C16H23N3S/c1-12(2)17-9-14-7-5-6-8-15(14)19(4)10-16-13(3)18-11-20-16/h5-8,11-12,17H,9-10H2,1-4H3. The molecule has 0 atom stereocenters. The van der Waals surface area contributed by atoms with Crippen LogP contribution in [0.25, 0.3) is 0 Å². The molecule has 1 aromatic heterocycles. The van der Waals surface area contributed by atoms with Gasteiger partial charge in [-0.25, -0.2) is 4.98 Å². The monoisotopic (exact) mass is 289 g/mol. The smallest absolute Gasteiger partial charge is 0.0798 e. The van der Waals surface area contributed by atoms with E-state index in [2.05, 4.69) is 67.3 Å². The van der Waals surface area contributed by atoms with Crippen LogP contribution in [-0.4, -0.2) is 18.1 Å². The Morgan fingerprint density at radius 3 is 2.70 bits per heavy atom. The van der Waals surface area contributed by atoms with Crippen molar-refractivity contribution in [3.63, 3.8) is 0 Å². The molecule has 0 aliphatic heterocycles. The lowest BCUT2D eigenvalue weighted by atomic mass is 10.1. The first-order valence-electron chi connectivity index (χ1n) is 6.99. The Bertz CT molecular complexity index is 548. The van der Waals surface area contributed by atoms with Gasteiger partial charge in [-0.15, -0.1) is 11.3 Å². The van der Waals surface area contributed by atoms with Crippen LogP contribution in [0, 0.1) is 6.92 Å². The van der Waals surface area contributed by atoms with Gasteiger partial charge >= 0.3 is 0 Å². The maximum Gasteiger partial charge on any atom is 0.0798 e. The van der Waals surface area contributed by atoms with Gasteiger partial charge in [-0.1, -0.05) is 32.0 Å². The summed E-state index contributed by atoms with van der Waals surface area (Å²) < 4.78 is 0. The Morgan fingerprint density at radius 2 is 2.05 bits per heavy atom. The number of nitrogens with zero attached hydrogens (tertiary/aromatic N) is 2. The predicted molar refractivity (Wildman–Crippen MR) is 87.4 cm³/mol. The van der Waals surface area contributed by atoms with Crippen molar-refractivity contribution in [2.75, 3.05) is 11.9 Å². The van der Waals surface area contributed by atoms with Crippen LogP contribution in [0.15, 0.2) is 29.8 Å². The Morgan fingerprint density at radius 1 is 1.30 bits per heavy atom. The van der Waals surface area contributed by atoms with Crippen molar-refractivity contribution in [1.29, 1.82) is 0 Å². The number of rotatable bonds is 6. The van der Waals surface area contributed by atoms with Gasteiger partial charge in [0, 0.05) is 30.2 Å². The molecule has 20 heavy (non-hydrogen) atoms. The number of nitrogens with one attached hydrogen (secondary N) is 1. The van der Waals surface area contributed by atoms with Gasteiger partial charge in [-0.2, -0.15) is 0 Å². The fourth-order valence-corrected chi connectivity index (χ4v) is 2.95. The minimum Gasteiger partial charge on any atom is -0.369 e. The quantitative estimate of drug-likeness (QED) is 0.881. The minimum atomic E-state index is 0.497. The van der Waals surface area contributed by atoms with Gasteiger partial charge in [0.05, 0.1) is 17.7 Å². The lowest BCUT2D eigenvalue weighted by Crippen LogP contribution is -2.24. The van der Waals surface area contributed by atoms with Crippen LogP contribution in [-0.2, 0) is 13.1 Å². The van der Waals surface area contributed by atoms with Crippen LogP contribution >= 0.6 is 11.3 Å². The van der Waals surface area contributed by atoms with Gasteiger partial charge < -0.3 is 10.2 Å². The number of hydrogen-bond donors (Lipinski definition) is 1. The number of thiazole rings is 1. The molecule has 2 aromatic rings. The Kier molecular flexibility index (Phi) is 5.15. The van der Waals surface area contributed by atoms with Crippen LogP contribution in [0.3, 0.4) is 0 Å². The molecule has 0 unspecified atom stereocenters. The average Bonchev–Trinajstić information content (AvgIpc) is 2.82. The topological polar surface area (TPSA) is 28.2 Å². The molecule has 4 heteroatoms. The highest BCUT2D eigenvalue weighted by molar-refractivity contribution is 7.09. The van der Waals surface area contributed by atoms with Gasteiger partial charge in [0.15, 0.2) is 0 Å². The summed E-state index contributed by atoms with van der Waals surface area (Å²) in [6.45, 7) is 8.24. The Balaban J connectivity index is 2.12. The second kappa shape index (κ2) is 6.86. The summed E-state index contributed by atoms with van der Waals surface area (Å²) in [5.74, 6) is 0. The highest BCUT2D eigenvalue weighted by Crippen LogP contribution is 2.23. The molecule has 1 N–H and O–H groups in total. The molecule has 1 aromatic carbocycles. The maximum absolute atomic E-state index is 4.32. The van der Waals surface area contributed by atoms with Gasteiger partial charge in [0.25, 0.3) is 0 Å². The van der Waals surface area contributed by atoms with Crippen molar-refractivity contribution < 1.29 is 0 Å². The van der Waals surface area contributed by atoms with Crippen LogP contribution < -0.4 is 10.2 Å². The third kappa shape index (κ3) is 3.81. The first-order valence-corrected chi connectivity index (χ1v) is 7.87. The van der Waals surface area contributed by atoms with Gasteiger partial charge in [-0.05, 0) is 18.6 Å². The van der Waals surface area contributed by atoms with Crippen molar-refractivity contribution in [1.82, 2.24) is 10.3 Å². The van der Waals surface area contributed by atoms with E-state index in [1.54, 1.807) is 11.3 Å². The molecule has 0 saturated carbocycles. The van der Waals surface area contributed by atoms with Crippen molar-refractivity contribution in [2.45, 2.75) is 39.9 Å². The molecule has 0 fully saturated rings. The van der Waals surface area contributed by atoms with Crippen molar-refractivity contribution in [3.8, 4) is 0 Å². The van der Waals surface area contributed by atoms with Gasteiger partial charge in [0.2, 0.25) is 0 Å². The number of hydrogen-bond acceptors (Lipinski definition) is 4. The average molecular weight is 289 g/mol. The fourth-order valence-electron chi connectivity index (χ4n) is 2.13. The van der Waals surface area contributed by atoms with E-state index in [1.807, 2.05) is 5.51 Å². The number of anilines is 1. The zero-order chi connectivity index (χ0) is 14.5. The molecule has 108 valence electrons. The fraction of sp³-hybridized carbons (Fsp3) is 0.438. The highest BCUT2D eigenvalue weighted by Gasteiger charge is 2.10. The second-order valence-electron chi connectivity index (χ2n) is 5.38. The summed E-state index contributed by atoms with van der Waals surface area (Å²) in [6, 6.07) is 9.09. The van der Waals surface area contributed by atoms with Crippen LogP contribution in [0.2, 0.25) is 0 Å².